The summed E-state index contributed by atoms with van der Waals surface area (Å²) < 4.78 is 79.9. The largest absolute Gasteiger partial charge is 0.416 e. The number of carbonyl (C=O) groups is 1. The molecule has 1 aliphatic rings. The zero-order valence-corrected chi connectivity index (χ0v) is 17.1. The van der Waals surface area contributed by atoms with Gasteiger partial charge < -0.3 is 4.90 Å². The van der Waals surface area contributed by atoms with E-state index in [2.05, 4.69) is 4.98 Å². The number of likely N-dealkylation sites (tertiary alicyclic amines) is 1. The number of rotatable bonds is 3. The molecule has 0 spiro atoms. The fourth-order valence-electron chi connectivity index (χ4n) is 3.97. The van der Waals surface area contributed by atoms with Crippen LogP contribution in [0.1, 0.15) is 39.4 Å². The molecule has 0 bridgehead atoms. The summed E-state index contributed by atoms with van der Waals surface area (Å²) in [5.41, 5.74) is -1.53. The van der Waals surface area contributed by atoms with E-state index in [1.165, 1.54) is 17.0 Å². The van der Waals surface area contributed by atoms with Crippen molar-refractivity contribution in [1.82, 2.24) is 9.88 Å². The Bertz CT molecular complexity index is 1160. The van der Waals surface area contributed by atoms with Gasteiger partial charge in [0.1, 0.15) is 0 Å². The van der Waals surface area contributed by atoms with E-state index in [0.29, 0.717) is 19.5 Å². The van der Waals surface area contributed by atoms with Crippen LogP contribution in [0.5, 0.6) is 0 Å². The minimum absolute atomic E-state index is 0.0105. The minimum atomic E-state index is -4.77. The van der Waals surface area contributed by atoms with Gasteiger partial charge in [-0.05, 0) is 59.5 Å². The maximum absolute atomic E-state index is 13.5. The maximum Gasteiger partial charge on any atom is 0.416 e. The zero-order chi connectivity index (χ0) is 23.8. The maximum atomic E-state index is 13.5. The molecule has 1 unspecified atom stereocenters. The van der Waals surface area contributed by atoms with Gasteiger partial charge >= 0.3 is 12.4 Å². The fraction of sp³-hybridized carbons (Fsp3) is 0.250. The van der Waals surface area contributed by atoms with Gasteiger partial charge in [-0.3, -0.25) is 9.78 Å². The number of pyridine rings is 1. The highest BCUT2D eigenvalue weighted by Gasteiger charge is 2.34. The lowest BCUT2D eigenvalue weighted by Crippen LogP contribution is -2.28. The molecule has 3 nitrogen and oxygen atoms in total. The molecule has 172 valence electrons. The predicted molar refractivity (Wildman–Crippen MR) is 109 cm³/mol. The van der Waals surface area contributed by atoms with E-state index in [4.69, 9.17) is 0 Å². The normalized spacial score (nSPS) is 16.8. The highest BCUT2D eigenvalue weighted by atomic mass is 19.4. The van der Waals surface area contributed by atoms with Gasteiger partial charge in [-0.2, -0.15) is 26.3 Å². The lowest BCUT2D eigenvalue weighted by molar-refractivity contribution is -0.138. The third-order valence-corrected chi connectivity index (χ3v) is 5.66. The number of alkyl halides is 6. The molecule has 4 rings (SSSR count). The number of amides is 1. The molecular formula is C24H18F6N2O. The molecule has 0 N–H and O–H groups in total. The first kappa shape index (κ1) is 22.8. The van der Waals surface area contributed by atoms with Gasteiger partial charge in [-0.15, -0.1) is 0 Å². The van der Waals surface area contributed by atoms with Crippen LogP contribution in [0.3, 0.4) is 0 Å². The Morgan fingerprint density at radius 2 is 1.61 bits per heavy atom. The molecule has 1 atom stereocenters. The molecule has 0 aliphatic carbocycles. The summed E-state index contributed by atoms with van der Waals surface area (Å²) in [6.07, 6.45) is -5.46. The molecule has 2 heterocycles. The Kier molecular flexibility index (Phi) is 5.90. The Balaban J connectivity index is 1.68. The van der Waals surface area contributed by atoms with Crippen LogP contribution >= 0.6 is 0 Å². The van der Waals surface area contributed by atoms with Crippen LogP contribution in [0.15, 0.2) is 67.0 Å². The second kappa shape index (κ2) is 8.53. The SMILES string of the molecule is O=C(c1cc(-c2cccc(C(F)(F)F)c2)cc(C(F)(F)F)c1)N1CCC(c2cccnc2)C1. The Morgan fingerprint density at radius 3 is 2.27 bits per heavy atom. The van der Waals surface area contributed by atoms with E-state index in [0.717, 1.165) is 35.9 Å². The van der Waals surface area contributed by atoms with Crippen molar-refractivity contribution in [3.8, 4) is 11.1 Å². The molecule has 3 aromatic rings. The van der Waals surface area contributed by atoms with Gasteiger partial charge in [-0.1, -0.05) is 18.2 Å². The molecule has 1 saturated heterocycles. The number of halogens is 6. The van der Waals surface area contributed by atoms with Crippen LogP contribution in [0.25, 0.3) is 11.1 Å². The van der Waals surface area contributed by atoms with E-state index in [1.54, 1.807) is 18.5 Å². The van der Waals surface area contributed by atoms with E-state index in [-0.39, 0.29) is 22.6 Å². The summed E-state index contributed by atoms with van der Waals surface area (Å²) in [5, 5.41) is 0. The third-order valence-electron chi connectivity index (χ3n) is 5.66. The average molecular weight is 464 g/mol. The quantitative estimate of drug-likeness (QED) is 0.420. The van der Waals surface area contributed by atoms with Crippen LogP contribution < -0.4 is 0 Å². The van der Waals surface area contributed by atoms with E-state index >= 15 is 0 Å². The number of nitrogens with zero attached hydrogens (tertiary/aromatic N) is 2. The monoisotopic (exact) mass is 464 g/mol. The van der Waals surface area contributed by atoms with Crippen molar-refractivity contribution in [3.63, 3.8) is 0 Å². The van der Waals surface area contributed by atoms with Gasteiger partial charge in [0.05, 0.1) is 11.1 Å². The van der Waals surface area contributed by atoms with E-state index in [1.807, 2.05) is 6.07 Å². The molecule has 1 fully saturated rings. The van der Waals surface area contributed by atoms with Crippen molar-refractivity contribution in [2.75, 3.05) is 13.1 Å². The number of aromatic nitrogens is 1. The smallest absolute Gasteiger partial charge is 0.338 e. The van der Waals surface area contributed by atoms with Crippen molar-refractivity contribution in [2.45, 2.75) is 24.7 Å². The first-order valence-electron chi connectivity index (χ1n) is 10.1. The van der Waals surface area contributed by atoms with Crippen LogP contribution in [0.4, 0.5) is 26.3 Å². The van der Waals surface area contributed by atoms with Crippen LogP contribution in [-0.4, -0.2) is 28.9 Å². The number of hydrogen-bond donors (Lipinski definition) is 0. The van der Waals surface area contributed by atoms with Crippen molar-refractivity contribution >= 4 is 5.91 Å². The minimum Gasteiger partial charge on any atom is -0.338 e. The summed E-state index contributed by atoms with van der Waals surface area (Å²) >= 11 is 0. The number of carbonyl (C=O) groups excluding carboxylic acids is 1. The highest BCUT2D eigenvalue weighted by Crippen LogP contribution is 2.37. The van der Waals surface area contributed by atoms with Crippen molar-refractivity contribution in [3.05, 3.63) is 89.2 Å². The van der Waals surface area contributed by atoms with Crippen molar-refractivity contribution < 1.29 is 31.1 Å². The standard InChI is InChI=1S/C24H18F6N2O/c25-23(26,27)20-5-1-3-15(10-20)18-9-19(12-21(11-18)24(28,29)30)22(33)32-8-6-17(14-32)16-4-2-7-31-13-16/h1-5,7,9-13,17H,6,8,14H2. The lowest BCUT2D eigenvalue weighted by Gasteiger charge is -2.19. The zero-order valence-electron chi connectivity index (χ0n) is 17.1. The number of benzene rings is 2. The van der Waals surface area contributed by atoms with Crippen LogP contribution in [0, 0.1) is 0 Å². The van der Waals surface area contributed by atoms with Gasteiger partial charge in [0.15, 0.2) is 0 Å². The molecule has 1 aliphatic heterocycles. The summed E-state index contributed by atoms with van der Waals surface area (Å²) in [5.74, 6) is -0.586. The third kappa shape index (κ3) is 5.02. The second-order valence-corrected chi connectivity index (χ2v) is 7.90. The molecule has 1 amide bonds. The van der Waals surface area contributed by atoms with Crippen molar-refractivity contribution in [1.29, 1.82) is 0 Å². The summed E-state index contributed by atoms with van der Waals surface area (Å²) in [6.45, 7) is 0.674. The summed E-state index contributed by atoms with van der Waals surface area (Å²) in [6, 6.07) is 10.4. The number of hydrogen-bond acceptors (Lipinski definition) is 2. The fourth-order valence-corrected chi connectivity index (χ4v) is 3.97. The summed E-state index contributed by atoms with van der Waals surface area (Å²) in [4.78, 5) is 18.6. The molecule has 0 radical (unpaired) electrons. The molecule has 9 heteroatoms. The van der Waals surface area contributed by atoms with Crippen molar-refractivity contribution in [2.24, 2.45) is 0 Å². The molecule has 2 aromatic carbocycles. The first-order valence-corrected chi connectivity index (χ1v) is 10.1. The molecule has 1 aromatic heterocycles. The summed E-state index contributed by atoms with van der Waals surface area (Å²) in [7, 11) is 0. The molecule has 33 heavy (non-hydrogen) atoms. The van der Waals surface area contributed by atoms with E-state index in [9.17, 15) is 31.1 Å². The lowest BCUT2D eigenvalue weighted by atomic mass is 9.97. The first-order chi connectivity index (χ1) is 15.5. The Morgan fingerprint density at radius 1 is 0.879 bits per heavy atom. The average Bonchev–Trinajstić information content (AvgIpc) is 3.28. The highest BCUT2D eigenvalue weighted by molar-refractivity contribution is 5.96. The predicted octanol–water partition coefficient (Wildman–Crippen LogP) is 6.42. The Labute approximate surface area is 185 Å². The second-order valence-electron chi connectivity index (χ2n) is 7.90. The van der Waals surface area contributed by atoms with Crippen LogP contribution in [-0.2, 0) is 12.4 Å². The molecular weight excluding hydrogens is 446 g/mol. The van der Waals surface area contributed by atoms with E-state index < -0.39 is 29.4 Å². The van der Waals surface area contributed by atoms with Crippen LogP contribution in [0.2, 0.25) is 0 Å². The molecule has 0 saturated carbocycles. The van der Waals surface area contributed by atoms with Gasteiger partial charge in [0.25, 0.3) is 5.91 Å². The Hall–Kier alpha value is -3.36. The van der Waals surface area contributed by atoms with Gasteiger partial charge in [0.2, 0.25) is 0 Å². The topological polar surface area (TPSA) is 33.2 Å². The van der Waals surface area contributed by atoms with Gasteiger partial charge in [-0.25, -0.2) is 0 Å². The van der Waals surface area contributed by atoms with Gasteiger partial charge in [0, 0.05) is 37.0 Å².